The first kappa shape index (κ1) is 18.3. The Morgan fingerprint density at radius 3 is 2.58 bits per heavy atom. The molecule has 3 rings (SSSR count). The summed E-state index contributed by atoms with van der Waals surface area (Å²) in [6, 6.07) is 5.22. The van der Waals surface area contributed by atoms with E-state index >= 15 is 0 Å². The largest absolute Gasteiger partial charge is 0.368 e. The Morgan fingerprint density at radius 2 is 2.00 bits per heavy atom. The topological polar surface area (TPSA) is 78.0 Å². The maximum atomic E-state index is 13.3. The number of carbonyl (C=O) groups is 1. The summed E-state index contributed by atoms with van der Waals surface area (Å²) in [4.78, 5) is 31.2. The van der Waals surface area contributed by atoms with Gasteiger partial charge in [-0.05, 0) is 38.0 Å². The van der Waals surface area contributed by atoms with Gasteiger partial charge in [0, 0.05) is 16.9 Å². The van der Waals surface area contributed by atoms with E-state index in [1.807, 2.05) is 13.8 Å². The SMILES string of the molecule is CCCc1nc2sc(C)c(-c3ccc(F)cc3)c2c(=O)n1C(C)C(N)=O. The van der Waals surface area contributed by atoms with E-state index in [0.717, 1.165) is 22.4 Å². The molecular formula is C19H20FN3O2S. The molecule has 0 aliphatic rings. The van der Waals surface area contributed by atoms with Gasteiger partial charge in [0.25, 0.3) is 5.56 Å². The van der Waals surface area contributed by atoms with Crippen LogP contribution in [0.1, 0.15) is 37.0 Å². The lowest BCUT2D eigenvalue weighted by Gasteiger charge is -2.16. The lowest BCUT2D eigenvalue weighted by molar-refractivity contribution is -0.120. The first-order chi connectivity index (χ1) is 12.3. The molecule has 1 unspecified atom stereocenters. The lowest BCUT2D eigenvalue weighted by Crippen LogP contribution is -2.35. The monoisotopic (exact) mass is 373 g/mol. The number of nitrogens with two attached hydrogens (primary N) is 1. The lowest BCUT2D eigenvalue weighted by atomic mass is 10.0. The summed E-state index contributed by atoms with van der Waals surface area (Å²) >= 11 is 1.43. The second kappa shape index (κ2) is 6.99. The second-order valence-electron chi connectivity index (χ2n) is 6.25. The van der Waals surface area contributed by atoms with E-state index in [1.54, 1.807) is 19.1 Å². The molecular weight excluding hydrogens is 353 g/mol. The standard InChI is InChI=1S/C19H20FN3O2S/c1-4-5-14-22-18-16(19(25)23(14)10(2)17(21)24)15(11(3)26-18)12-6-8-13(20)9-7-12/h6-10H,4-5H2,1-3H3,(H2,21,24). The molecule has 2 N–H and O–H groups in total. The third-order valence-electron chi connectivity index (χ3n) is 4.41. The summed E-state index contributed by atoms with van der Waals surface area (Å²) in [7, 11) is 0. The highest BCUT2D eigenvalue weighted by Crippen LogP contribution is 2.36. The zero-order chi connectivity index (χ0) is 19.0. The van der Waals surface area contributed by atoms with Crippen LogP contribution in [0.2, 0.25) is 0 Å². The Morgan fingerprint density at radius 1 is 1.35 bits per heavy atom. The third-order valence-corrected chi connectivity index (χ3v) is 5.41. The zero-order valence-electron chi connectivity index (χ0n) is 14.9. The van der Waals surface area contributed by atoms with E-state index in [9.17, 15) is 14.0 Å². The smallest absolute Gasteiger partial charge is 0.263 e. The quantitative estimate of drug-likeness (QED) is 0.743. The van der Waals surface area contributed by atoms with Gasteiger partial charge in [0.1, 0.15) is 22.5 Å². The summed E-state index contributed by atoms with van der Waals surface area (Å²) < 4.78 is 14.7. The average Bonchev–Trinajstić information content (AvgIpc) is 2.92. The first-order valence-electron chi connectivity index (χ1n) is 8.44. The number of aromatic nitrogens is 2. The molecule has 7 heteroatoms. The van der Waals surface area contributed by atoms with Crippen LogP contribution in [0.15, 0.2) is 29.1 Å². The van der Waals surface area contributed by atoms with Gasteiger partial charge in [0.15, 0.2) is 0 Å². The Labute approximate surface area is 154 Å². The molecule has 3 aromatic rings. The van der Waals surface area contributed by atoms with Crippen LogP contribution in [-0.2, 0) is 11.2 Å². The zero-order valence-corrected chi connectivity index (χ0v) is 15.7. The number of primary amides is 1. The summed E-state index contributed by atoms with van der Waals surface area (Å²) in [5.41, 5.74) is 6.65. The molecule has 0 spiro atoms. The van der Waals surface area contributed by atoms with E-state index in [4.69, 9.17) is 5.73 Å². The fourth-order valence-corrected chi connectivity index (χ4v) is 4.16. The molecule has 0 saturated heterocycles. The predicted octanol–water partition coefficient (Wildman–Crippen LogP) is 3.57. The molecule has 1 amide bonds. The highest BCUT2D eigenvalue weighted by molar-refractivity contribution is 7.19. The van der Waals surface area contributed by atoms with E-state index in [2.05, 4.69) is 4.98 Å². The van der Waals surface area contributed by atoms with Crippen molar-refractivity contribution in [3.8, 4) is 11.1 Å². The van der Waals surface area contributed by atoms with Crippen molar-refractivity contribution in [2.45, 2.75) is 39.7 Å². The van der Waals surface area contributed by atoms with E-state index in [-0.39, 0.29) is 11.4 Å². The molecule has 0 aliphatic carbocycles. The van der Waals surface area contributed by atoms with Crippen molar-refractivity contribution in [3.63, 3.8) is 0 Å². The molecule has 1 atom stereocenters. The predicted molar refractivity (Wildman–Crippen MR) is 102 cm³/mol. The van der Waals surface area contributed by atoms with Crippen molar-refractivity contribution in [1.82, 2.24) is 9.55 Å². The van der Waals surface area contributed by atoms with Crippen LogP contribution < -0.4 is 11.3 Å². The number of amides is 1. The number of hydrogen-bond donors (Lipinski definition) is 1. The summed E-state index contributed by atoms with van der Waals surface area (Å²) in [6.45, 7) is 5.50. The van der Waals surface area contributed by atoms with Crippen molar-refractivity contribution in [1.29, 1.82) is 0 Å². The number of halogens is 1. The van der Waals surface area contributed by atoms with Gasteiger partial charge in [-0.15, -0.1) is 11.3 Å². The van der Waals surface area contributed by atoms with Gasteiger partial charge in [0.2, 0.25) is 5.91 Å². The Bertz CT molecular complexity index is 1040. The average molecular weight is 373 g/mol. The van der Waals surface area contributed by atoms with E-state index in [1.165, 1.54) is 28.0 Å². The number of nitrogens with zero attached hydrogens (tertiary/aromatic N) is 2. The van der Waals surface area contributed by atoms with Crippen molar-refractivity contribution in [2.75, 3.05) is 0 Å². The highest BCUT2D eigenvalue weighted by Gasteiger charge is 2.23. The van der Waals surface area contributed by atoms with E-state index in [0.29, 0.717) is 22.5 Å². The molecule has 2 heterocycles. The number of aryl methyl sites for hydroxylation is 2. The fourth-order valence-electron chi connectivity index (χ4n) is 3.11. The maximum absolute atomic E-state index is 13.3. The normalized spacial score (nSPS) is 12.5. The molecule has 1 aromatic carbocycles. The molecule has 5 nitrogen and oxygen atoms in total. The van der Waals surface area contributed by atoms with Gasteiger partial charge in [-0.2, -0.15) is 0 Å². The van der Waals surface area contributed by atoms with Crippen LogP contribution in [0, 0.1) is 12.7 Å². The van der Waals surface area contributed by atoms with Gasteiger partial charge in [-0.25, -0.2) is 9.37 Å². The summed E-state index contributed by atoms with van der Waals surface area (Å²) in [5, 5.41) is 0.451. The van der Waals surface area contributed by atoms with Crippen molar-refractivity contribution in [3.05, 3.63) is 51.1 Å². The van der Waals surface area contributed by atoms with Gasteiger partial charge in [-0.1, -0.05) is 19.1 Å². The second-order valence-corrected chi connectivity index (χ2v) is 7.46. The molecule has 0 bridgehead atoms. The Balaban J connectivity index is 2.37. The van der Waals surface area contributed by atoms with Crippen molar-refractivity contribution in [2.24, 2.45) is 5.73 Å². The van der Waals surface area contributed by atoms with Crippen LogP contribution in [0.4, 0.5) is 4.39 Å². The van der Waals surface area contributed by atoms with E-state index < -0.39 is 11.9 Å². The Kier molecular flexibility index (Phi) is 4.91. The molecule has 0 saturated carbocycles. The molecule has 2 aromatic heterocycles. The van der Waals surface area contributed by atoms with Crippen LogP contribution in [-0.4, -0.2) is 15.5 Å². The number of carbonyl (C=O) groups excluding carboxylic acids is 1. The van der Waals surface area contributed by atoms with Crippen LogP contribution >= 0.6 is 11.3 Å². The van der Waals surface area contributed by atoms with Crippen LogP contribution in [0.25, 0.3) is 21.3 Å². The molecule has 136 valence electrons. The van der Waals surface area contributed by atoms with Gasteiger partial charge in [0.05, 0.1) is 5.39 Å². The number of fused-ring (bicyclic) bond motifs is 1. The minimum absolute atomic E-state index is 0.284. The number of thiophene rings is 1. The van der Waals surface area contributed by atoms with Crippen molar-refractivity contribution < 1.29 is 9.18 Å². The third kappa shape index (κ3) is 3.03. The van der Waals surface area contributed by atoms with Crippen LogP contribution in [0.3, 0.4) is 0 Å². The fraction of sp³-hybridized carbons (Fsp3) is 0.316. The number of rotatable bonds is 5. The molecule has 0 fully saturated rings. The molecule has 0 aliphatic heterocycles. The number of hydrogen-bond acceptors (Lipinski definition) is 4. The van der Waals surface area contributed by atoms with Gasteiger partial charge < -0.3 is 5.73 Å². The summed E-state index contributed by atoms with van der Waals surface area (Å²) in [5.74, 6) is -0.363. The number of benzene rings is 1. The minimum atomic E-state index is -0.790. The van der Waals surface area contributed by atoms with Crippen LogP contribution in [0.5, 0.6) is 0 Å². The highest BCUT2D eigenvalue weighted by atomic mass is 32.1. The van der Waals surface area contributed by atoms with Gasteiger partial charge >= 0.3 is 0 Å². The van der Waals surface area contributed by atoms with Crippen molar-refractivity contribution >= 4 is 27.5 Å². The molecule has 0 radical (unpaired) electrons. The maximum Gasteiger partial charge on any atom is 0.263 e. The first-order valence-corrected chi connectivity index (χ1v) is 9.26. The minimum Gasteiger partial charge on any atom is -0.368 e. The van der Waals surface area contributed by atoms with Gasteiger partial charge in [-0.3, -0.25) is 14.2 Å². The summed E-state index contributed by atoms with van der Waals surface area (Å²) in [6.07, 6.45) is 1.37. The Hall–Kier alpha value is -2.54. The molecule has 26 heavy (non-hydrogen) atoms.